The van der Waals surface area contributed by atoms with E-state index in [1.165, 1.54) is 0 Å². The number of aliphatic hydroxyl groups is 2. The van der Waals surface area contributed by atoms with Gasteiger partial charge < -0.3 is 39.8 Å². The summed E-state index contributed by atoms with van der Waals surface area (Å²) in [5.41, 5.74) is 28.0. The fourth-order valence-corrected chi connectivity index (χ4v) is 14.9. The molecule has 12 rings (SSSR count). The van der Waals surface area contributed by atoms with Gasteiger partial charge in [-0.15, -0.1) is 0 Å². The first-order valence-corrected chi connectivity index (χ1v) is 32.6. The molecule has 12 aliphatic rings. The van der Waals surface area contributed by atoms with Crippen LogP contribution in [-0.4, -0.2) is 97.1 Å². The molecule has 4 N–H and O–H groups in total. The zero-order chi connectivity index (χ0) is 63.4. The predicted octanol–water partition coefficient (Wildman–Crippen LogP) is 14.6. The number of unbranched alkanes of at least 4 members (excludes halogenated alkanes) is 5. The van der Waals surface area contributed by atoms with Crippen molar-refractivity contribution in [1.29, 1.82) is 0 Å². The third-order valence-corrected chi connectivity index (χ3v) is 20.3. The average Bonchev–Trinajstić information content (AvgIpc) is 1.68. The number of carbonyl (C=O) groups is 2. The predicted molar refractivity (Wildman–Crippen MR) is 356 cm³/mol. The number of esters is 2. The monoisotopic (exact) mass is 1210 g/mol. The number of aliphatic imine (C=N–C) groups is 6. The van der Waals surface area contributed by atoms with E-state index in [0.717, 1.165) is 221 Å². The maximum atomic E-state index is 13.5. The zero-order valence-corrected chi connectivity index (χ0v) is 54.5. The fourth-order valence-electron chi connectivity index (χ4n) is 14.9. The highest BCUT2D eigenvalue weighted by atomic mass is 16.5. The molecule has 0 amide bonds. The molecule has 4 atom stereocenters. The van der Waals surface area contributed by atoms with E-state index in [9.17, 15) is 19.8 Å². The molecular formula is C74H86N8O8. The molecular weight excluding hydrogens is 1130 g/mol. The Morgan fingerprint density at radius 2 is 0.844 bits per heavy atom. The van der Waals surface area contributed by atoms with Gasteiger partial charge in [-0.3, -0.25) is 9.59 Å². The molecule has 90 heavy (non-hydrogen) atoms. The van der Waals surface area contributed by atoms with Crippen molar-refractivity contribution >= 4 is 46.2 Å². The van der Waals surface area contributed by atoms with Gasteiger partial charge in [0, 0.05) is 120 Å². The van der Waals surface area contributed by atoms with Crippen molar-refractivity contribution in [1.82, 2.24) is 10.6 Å². The van der Waals surface area contributed by atoms with E-state index in [-0.39, 0.29) is 48.5 Å². The van der Waals surface area contributed by atoms with Gasteiger partial charge in [0.05, 0.1) is 94.9 Å². The van der Waals surface area contributed by atoms with Crippen LogP contribution in [0.15, 0.2) is 213 Å². The number of ether oxygens (including phenoxy) is 4. The minimum Gasteiger partial charge on any atom is -0.511 e. The van der Waals surface area contributed by atoms with Crippen molar-refractivity contribution in [2.75, 3.05) is 40.6 Å². The lowest BCUT2D eigenvalue weighted by atomic mass is 9.86. The fraction of sp³-hybridized carbons (Fsp3) is 0.459. The number of fused-ring (bicyclic) bond motifs is 10. The second-order valence-electron chi connectivity index (χ2n) is 25.7. The topological polar surface area (TPSA) is 210 Å². The van der Waals surface area contributed by atoms with E-state index in [0.29, 0.717) is 63.6 Å². The Hall–Kier alpha value is -8.08. The highest BCUT2D eigenvalue weighted by Crippen LogP contribution is 2.49. The van der Waals surface area contributed by atoms with Gasteiger partial charge >= 0.3 is 11.9 Å². The van der Waals surface area contributed by atoms with Crippen molar-refractivity contribution in [2.45, 2.75) is 159 Å². The smallest absolute Gasteiger partial charge is 0.305 e. The standard InChI is InChI=1S/C74H86N8O8/c1-13-45-37(3)55-31-63-51(35-87-11)41(7)53(77-63)29-57-39(5)47(71(79-57)49-27-65(83)69-43(9)59(81-73(49)69)33-61(45)75-55)21-23-67(85)89-25-19-17-15-16-18-20-26-90-68(86)24-22-48-40(6)58-30-54-42(8)52(36-88-12)64(78-54)32-56-38(4)46(14-2)62(76-56)34-60-44(10)70-66(84)28-50(72(48)80-58)74(70)82-60/h29-34,39-40,47-48,79-80,83-84H,13-28,35-36H2,1-12H3/t39-,40-,47-,48-/m0/s1. The first kappa shape index (κ1) is 62.1. The van der Waals surface area contributed by atoms with Gasteiger partial charge in [-0.25, -0.2) is 30.0 Å². The van der Waals surface area contributed by atoms with Crippen LogP contribution in [0.3, 0.4) is 0 Å². The first-order chi connectivity index (χ1) is 43.4. The van der Waals surface area contributed by atoms with Crippen LogP contribution in [0.4, 0.5) is 0 Å². The van der Waals surface area contributed by atoms with Gasteiger partial charge in [-0.05, 0) is 161 Å². The van der Waals surface area contributed by atoms with E-state index in [4.69, 9.17) is 48.9 Å². The van der Waals surface area contributed by atoms with Crippen LogP contribution < -0.4 is 10.6 Å². The number of allylic oxidation sites excluding steroid dienone is 22. The largest absolute Gasteiger partial charge is 0.511 e. The molecule has 2 fully saturated rings. The van der Waals surface area contributed by atoms with Gasteiger partial charge in [0.25, 0.3) is 0 Å². The van der Waals surface area contributed by atoms with Gasteiger partial charge in [-0.1, -0.05) is 53.4 Å². The average molecular weight is 1220 g/mol. The van der Waals surface area contributed by atoms with Crippen molar-refractivity contribution < 1.29 is 38.7 Å². The van der Waals surface area contributed by atoms with Crippen LogP contribution in [0.1, 0.15) is 159 Å². The lowest BCUT2D eigenvalue weighted by molar-refractivity contribution is -0.145. The number of hydrogen-bond donors (Lipinski definition) is 4. The maximum absolute atomic E-state index is 13.5. The molecule has 0 spiro atoms. The van der Waals surface area contributed by atoms with Gasteiger partial charge in [0.2, 0.25) is 0 Å². The lowest BCUT2D eigenvalue weighted by Crippen LogP contribution is -2.16. The van der Waals surface area contributed by atoms with E-state index in [1.54, 1.807) is 14.2 Å². The summed E-state index contributed by atoms with van der Waals surface area (Å²) in [6.07, 6.45) is 21.9. The summed E-state index contributed by atoms with van der Waals surface area (Å²) in [4.78, 5) is 58.1. The number of nitrogens with zero attached hydrogens (tertiary/aromatic N) is 6. The molecule has 0 radical (unpaired) electrons. The summed E-state index contributed by atoms with van der Waals surface area (Å²) in [5, 5.41) is 30.7. The summed E-state index contributed by atoms with van der Waals surface area (Å²) in [7, 11) is 3.41. The maximum Gasteiger partial charge on any atom is 0.305 e. The molecule has 0 unspecified atom stereocenters. The summed E-state index contributed by atoms with van der Waals surface area (Å²) in [5.74, 6) is 0.0869. The Balaban J connectivity index is 0.634. The van der Waals surface area contributed by atoms with E-state index in [2.05, 4.69) is 102 Å². The molecule has 2 aliphatic carbocycles. The Labute approximate surface area is 529 Å². The Bertz CT molecular complexity index is 3720. The van der Waals surface area contributed by atoms with Crippen LogP contribution in [-0.2, 0) is 28.5 Å². The highest BCUT2D eigenvalue weighted by molar-refractivity contribution is 6.22. The summed E-state index contributed by atoms with van der Waals surface area (Å²) in [6.45, 7) is 22.7. The minimum absolute atomic E-state index is 0.0128. The molecule has 10 heterocycles. The van der Waals surface area contributed by atoms with E-state index in [1.807, 2.05) is 13.8 Å². The lowest BCUT2D eigenvalue weighted by Gasteiger charge is -2.17. The molecule has 470 valence electrons. The van der Waals surface area contributed by atoms with Gasteiger partial charge in [-0.2, -0.15) is 0 Å². The van der Waals surface area contributed by atoms with Crippen LogP contribution in [0, 0.1) is 23.7 Å². The zero-order valence-electron chi connectivity index (χ0n) is 54.5. The Kier molecular flexibility index (Phi) is 17.7. The molecule has 2 saturated heterocycles. The quantitative estimate of drug-likeness (QED) is 0.0631. The highest BCUT2D eigenvalue weighted by Gasteiger charge is 2.44. The second-order valence-corrected chi connectivity index (χ2v) is 25.7. The number of nitrogens with one attached hydrogen (secondary N) is 2. The normalized spacial score (nSPS) is 24.1. The van der Waals surface area contributed by atoms with Gasteiger partial charge in [0.1, 0.15) is 11.5 Å². The number of carbonyl (C=O) groups excluding carboxylic acids is 2. The second kappa shape index (κ2) is 25.7. The number of hydrogen-bond acceptors (Lipinski definition) is 16. The van der Waals surface area contributed by atoms with Crippen molar-refractivity contribution in [3.8, 4) is 0 Å². The molecule has 16 bridgehead atoms. The molecule has 10 aliphatic heterocycles. The summed E-state index contributed by atoms with van der Waals surface area (Å²) < 4.78 is 23.1. The van der Waals surface area contributed by atoms with Crippen molar-refractivity contribution in [2.24, 2.45) is 53.6 Å². The van der Waals surface area contributed by atoms with Crippen LogP contribution >= 0.6 is 0 Å². The third kappa shape index (κ3) is 11.4. The van der Waals surface area contributed by atoms with Crippen LogP contribution in [0.2, 0.25) is 0 Å². The molecule has 16 heteroatoms. The molecule has 0 saturated carbocycles. The Morgan fingerprint density at radius 1 is 0.489 bits per heavy atom. The number of rotatable bonds is 21. The van der Waals surface area contributed by atoms with Crippen molar-refractivity contribution in [3.05, 3.63) is 183 Å². The van der Waals surface area contributed by atoms with Crippen LogP contribution in [0.25, 0.3) is 0 Å². The first-order valence-electron chi connectivity index (χ1n) is 32.6. The number of aliphatic hydroxyl groups excluding tert-OH is 2. The van der Waals surface area contributed by atoms with Crippen LogP contribution in [0.5, 0.6) is 0 Å². The molecule has 0 aromatic heterocycles. The number of methoxy groups -OCH3 is 2. The third-order valence-electron chi connectivity index (χ3n) is 20.3. The molecule has 0 aromatic carbocycles. The molecule has 0 aromatic rings. The molecule has 16 nitrogen and oxygen atoms in total. The SMILES string of the molecule is CCC1=C(C)C2=NC1=CC1=C(C)C3=C(O)CC(=C4NC(=CC5=NC(=C2)C(COC)=C5C)[C@@H](C)[C@@H]4CCC(=O)OCCCCCCCCOC(=O)CC[C@@H]2C4=C5CC(O)=C6C5=NC(=C6C)C=C5N=C(C=C6N=C(C=C(N4)[C@H]2C)C(C)=C6COC)C(C)=C5CC)C3=N1. The summed E-state index contributed by atoms with van der Waals surface area (Å²) in [6, 6.07) is 0. The van der Waals surface area contributed by atoms with E-state index >= 15 is 0 Å². The summed E-state index contributed by atoms with van der Waals surface area (Å²) >= 11 is 0. The van der Waals surface area contributed by atoms with Gasteiger partial charge in [0.15, 0.2) is 0 Å². The Morgan fingerprint density at radius 3 is 1.22 bits per heavy atom. The minimum atomic E-state index is -0.219. The van der Waals surface area contributed by atoms with E-state index < -0.39 is 0 Å². The van der Waals surface area contributed by atoms with Crippen molar-refractivity contribution in [3.63, 3.8) is 0 Å².